The molecule has 6 nitrogen and oxygen atoms in total. The molecule has 1 saturated heterocycles. The van der Waals surface area contributed by atoms with Crippen molar-refractivity contribution >= 4 is 23.2 Å². The summed E-state index contributed by atoms with van der Waals surface area (Å²) in [6.07, 6.45) is 0. The summed E-state index contributed by atoms with van der Waals surface area (Å²) >= 11 is 6.04. The summed E-state index contributed by atoms with van der Waals surface area (Å²) in [6, 6.07) is 13.7. The van der Waals surface area contributed by atoms with Crippen LogP contribution in [0.1, 0.15) is 10.7 Å². The number of piperazine rings is 1. The number of halogens is 2. The van der Waals surface area contributed by atoms with E-state index in [-0.39, 0.29) is 23.3 Å². The van der Waals surface area contributed by atoms with Crippen LogP contribution in [0.4, 0.5) is 10.1 Å². The number of aromatic nitrogens is 2. The van der Waals surface area contributed by atoms with Crippen LogP contribution in [-0.4, -0.2) is 47.2 Å². The summed E-state index contributed by atoms with van der Waals surface area (Å²) < 4.78 is 19.2. The maximum atomic E-state index is 13.8. The van der Waals surface area contributed by atoms with Crippen LogP contribution in [0, 0.1) is 5.82 Å². The van der Waals surface area contributed by atoms with Gasteiger partial charge in [0.05, 0.1) is 5.56 Å². The Balaban J connectivity index is 1.43. The highest BCUT2D eigenvalue weighted by Gasteiger charge is 2.27. The van der Waals surface area contributed by atoms with Gasteiger partial charge in [0.25, 0.3) is 5.89 Å². The predicted octanol–water partition coefficient (Wildman–Crippen LogP) is 3.49. The third-order valence-corrected chi connectivity index (χ3v) is 4.69. The van der Waals surface area contributed by atoms with Crippen LogP contribution in [0.25, 0.3) is 11.5 Å². The third-order valence-electron chi connectivity index (χ3n) is 4.45. The van der Waals surface area contributed by atoms with E-state index in [4.69, 9.17) is 16.0 Å². The molecule has 138 valence electrons. The molecule has 1 amide bonds. The van der Waals surface area contributed by atoms with Gasteiger partial charge in [-0.25, -0.2) is 4.39 Å². The van der Waals surface area contributed by atoms with Crippen molar-refractivity contribution in [2.24, 2.45) is 0 Å². The zero-order valence-corrected chi connectivity index (χ0v) is 15.1. The highest BCUT2D eigenvalue weighted by molar-refractivity contribution is 6.30. The number of carbonyl (C=O) groups excluding carboxylic acids is 1. The second-order valence-electron chi connectivity index (χ2n) is 6.15. The Kier molecular flexibility index (Phi) is 4.77. The van der Waals surface area contributed by atoms with Gasteiger partial charge in [-0.1, -0.05) is 29.8 Å². The number of nitrogens with zero attached hydrogens (tertiary/aromatic N) is 4. The highest BCUT2D eigenvalue weighted by Crippen LogP contribution is 2.23. The summed E-state index contributed by atoms with van der Waals surface area (Å²) in [7, 11) is 0. The Labute approximate surface area is 160 Å². The molecular formula is C19H16ClFN4O2. The summed E-state index contributed by atoms with van der Waals surface area (Å²) in [5, 5.41) is 8.28. The largest absolute Gasteiger partial charge is 0.412 e. The fourth-order valence-electron chi connectivity index (χ4n) is 3.03. The Morgan fingerprint density at radius 1 is 1.04 bits per heavy atom. The maximum Gasteiger partial charge on any atom is 0.311 e. The van der Waals surface area contributed by atoms with Gasteiger partial charge in [-0.05, 0) is 30.3 Å². The lowest BCUT2D eigenvalue weighted by atomic mass is 10.2. The molecule has 8 heteroatoms. The number of hydrogen-bond donors (Lipinski definition) is 0. The van der Waals surface area contributed by atoms with Crippen molar-refractivity contribution in [3.8, 4) is 11.5 Å². The number of hydrogen-bond acceptors (Lipinski definition) is 5. The van der Waals surface area contributed by atoms with Gasteiger partial charge in [-0.3, -0.25) is 4.79 Å². The van der Waals surface area contributed by atoms with E-state index in [1.807, 2.05) is 24.3 Å². The average Bonchev–Trinajstić information content (AvgIpc) is 3.18. The van der Waals surface area contributed by atoms with Crippen LogP contribution in [0.3, 0.4) is 0 Å². The van der Waals surface area contributed by atoms with Crippen LogP contribution < -0.4 is 4.90 Å². The highest BCUT2D eigenvalue weighted by atomic mass is 35.5. The molecule has 2 heterocycles. The minimum absolute atomic E-state index is 0.00554. The number of rotatable bonds is 3. The molecule has 0 N–H and O–H groups in total. The van der Waals surface area contributed by atoms with Gasteiger partial charge in [0.15, 0.2) is 0 Å². The lowest BCUT2D eigenvalue weighted by Gasteiger charge is -2.35. The normalized spacial score (nSPS) is 14.4. The molecule has 1 fully saturated rings. The average molecular weight is 387 g/mol. The van der Waals surface area contributed by atoms with Crippen LogP contribution in [-0.2, 0) is 0 Å². The van der Waals surface area contributed by atoms with Gasteiger partial charge in [-0.15, -0.1) is 10.2 Å². The summed E-state index contributed by atoms with van der Waals surface area (Å²) in [5.41, 5.74) is 1.20. The third kappa shape index (κ3) is 3.64. The van der Waals surface area contributed by atoms with Crippen molar-refractivity contribution in [3.05, 3.63) is 65.3 Å². The Hall–Kier alpha value is -2.93. The summed E-state index contributed by atoms with van der Waals surface area (Å²) in [6.45, 7) is 2.37. The van der Waals surface area contributed by atoms with Crippen LogP contribution in [0.2, 0.25) is 5.02 Å². The van der Waals surface area contributed by atoms with Crippen molar-refractivity contribution in [1.82, 2.24) is 15.1 Å². The first-order valence-corrected chi connectivity index (χ1v) is 8.88. The van der Waals surface area contributed by atoms with Crippen molar-refractivity contribution in [2.45, 2.75) is 0 Å². The molecule has 2 aromatic carbocycles. The molecule has 1 aliphatic rings. The first-order chi connectivity index (χ1) is 13.1. The van der Waals surface area contributed by atoms with Gasteiger partial charge in [-0.2, -0.15) is 0 Å². The fraction of sp³-hybridized carbons (Fsp3) is 0.211. The molecule has 4 rings (SSSR count). The summed E-state index contributed by atoms with van der Waals surface area (Å²) in [5.74, 6) is -0.968. The quantitative estimate of drug-likeness (QED) is 0.689. The molecule has 0 atom stereocenters. The van der Waals surface area contributed by atoms with E-state index >= 15 is 0 Å². The van der Waals surface area contributed by atoms with E-state index in [9.17, 15) is 9.18 Å². The lowest BCUT2D eigenvalue weighted by molar-refractivity contribution is 0.0707. The molecular weight excluding hydrogens is 371 g/mol. The van der Waals surface area contributed by atoms with Gasteiger partial charge in [0.2, 0.25) is 0 Å². The van der Waals surface area contributed by atoms with Crippen molar-refractivity contribution in [2.75, 3.05) is 31.1 Å². The molecule has 0 aliphatic carbocycles. The van der Waals surface area contributed by atoms with Gasteiger partial charge in [0, 0.05) is 36.9 Å². The molecule has 0 spiro atoms. The SMILES string of the molecule is O=C(c1nnc(-c2ccccc2F)o1)N1CCN(c2cccc(Cl)c2)CC1. The van der Waals surface area contributed by atoms with E-state index < -0.39 is 5.82 Å². The van der Waals surface area contributed by atoms with Gasteiger partial charge in [0.1, 0.15) is 5.82 Å². The molecule has 0 bridgehead atoms. The van der Waals surface area contributed by atoms with E-state index in [0.29, 0.717) is 31.2 Å². The first-order valence-electron chi connectivity index (χ1n) is 8.50. The van der Waals surface area contributed by atoms with E-state index in [1.54, 1.807) is 17.0 Å². The van der Waals surface area contributed by atoms with Crippen molar-refractivity contribution in [3.63, 3.8) is 0 Å². The number of amides is 1. The number of benzene rings is 2. The van der Waals surface area contributed by atoms with Gasteiger partial charge < -0.3 is 14.2 Å². The molecule has 0 saturated carbocycles. The van der Waals surface area contributed by atoms with E-state index in [1.165, 1.54) is 12.1 Å². The van der Waals surface area contributed by atoms with Crippen molar-refractivity contribution < 1.29 is 13.6 Å². The standard InChI is InChI=1S/C19H16ClFN4O2/c20-13-4-3-5-14(12-13)24-8-10-25(11-9-24)19(26)18-23-22-17(27-18)15-6-1-2-7-16(15)21/h1-7,12H,8-11H2. The molecule has 27 heavy (non-hydrogen) atoms. The Bertz CT molecular complexity index is 970. The molecule has 0 radical (unpaired) electrons. The zero-order chi connectivity index (χ0) is 18.8. The van der Waals surface area contributed by atoms with Crippen LogP contribution >= 0.6 is 11.6 Å². The first kappa shape index (κ1) is 17.5. The van der Waals surface area contributed by atoms with E-state index in [2.05, 4.69) is 15.1 Å². The Morgan fingerprint density at radius 2 is 1.81 bits per heavy atom. The number of anilines is 1. The fourth-order valence-corrected chi connectivity index (χ4v) is 3.21. The predicted molar refractivity (Wildman–Crippen MR) is 99.3 cm³/mol. The summed E-state index contributed by atoms with van der Waals surface area (Å²) in [4.78, 5) is 16.4. The molecule has 0 unspecified atom stereocenters. The molecule has 1 aromatic heterocycles. The van der Waals surface area contributed by atoms with Crippen molar-refractivity contribution in [1.29, 1.82) is 0 Å². The minimum atomic E-state index is -0.477. The number of carbonyl (C=O) groups is 1. The van der Waals surface area contributed by atoms with Crippen LogP contribution in [0.5, 0.6) is 0 Å². The van der Waals surface area contributed by atoms with Crippen LogP contribution in [0.15, 0.2) is 52.9 Å². The minimum Gasteiger partial charge on any atom is -0.412 e. The van der Waals surface area contributed by atoms with Gasteiger partial charge >= 0.3 is 11.8 Å². The Morgan fingerprint density at radius 3 is 2.56 bits per heavy atom. The zero-order valence-electron chi connectivity index (χ0n) is 14.3. The van der Waals surface area contributed by atoms with E-state index in [0.717, 1.165) is 5.69 Å². The second-order valence-corrected chi connectivity index (χ2v) is 6.59. The maximum absolute atomic E-state index is 13.8. The lowest BCUT2D eigenvalue weighted by Crippen LogP contribution is -2.48. The second kappa shape index (κ2) is 7.36. The monoisotopic (exact) mass is 386 g/mol. The topological polar surface area (TPSA) is 62.5 Å². The molecule has 1 aliphatic heterocycles. The molecule has 3 aromatic rings. The smallest absolute Gasteiger partial charge is 0.311 e.